The Kier molecular flexibility index (Phi) is 7.67. The van der Waals surface area contributed by atoms with Gasteiger partial charge >= 0.3 is 0 Å². The van der Waals surface area contributed by atoms with Crippen molar-refractivity contribution in [2.45, 2.75) is 4.90 Å². The fraction of sp³-hybridized carbons (Fsp3) is 0.174. The van der Waals surface area contributed by atoms with E-state index in [2.05, 4.69) is 5.32 Å². The summed E-state index contributed by atoms with van der Waals surface area (Å²) in [5.41, 5.74) is 0.705. The van der Waals surface area contributed by atoms with Crippen molar-refractivity contribution in [3.8, 4) is 17.2 Å². The summed E-state index contributed by atoms with van der Waals surface area (Å²) in [4.78, 5) is 12.8. The van der Waals surface area contributed by atoms with Gasteiger partial charge in [-0.3, -0.25) is 9.10 Å². The molecule has 0 saturated carbocycles. The average molecular weight is 491 g/mol. The standard InChI is InChI=1S/C23H23ClN2O6S/c1-30-18-7-5-17(6-8-18)26(33(28,29)20-11-9-19(31-2)10-12-20)15-23(27)25-16-4-13-22(32-3)21(24)14-16/h4-14H,15H2,1-3H3,(H,25,27). The second kappa shape index (κ2) is 10.5. The number of carbonyl (C=O) groups is 1. The SMILES string of the molecule is COc1ccc(N(CC(=O)Nc2ccc(OC)c(Cl)c2)S(=O)(=O)c2ccc(OC)cc2)cc1. The van der Waals surface area contributed by atoms with Crippen LogP contribution in [0.25, 0.3) is 0 Å². The van der Waals surface area contributed by atoms with Gasteiger partial charge in [0, 0.05) is 5.69 Å². The number of hydrogen-bond donors (Lipinski definition) is 1. The Morgan fingerprint density at radius 1 is 0.879 bits per heavy atom. The van der Waals surface area contributed by atoms with Crippen LogP contribution < -0.4 is 23.8 Å². The Morgan fingerprint density at radius 2 is 1.45 bits per heavy atom. The van der Waals surface area contributed by atoms with E-state index in [1.807, 2.05) is 0 Å². The van der Waals surface area contributed by atoms with Crippen molar-refractivity contribution >= 4 is 38.9 Å². The van der Waals surface area contributed by atoms with Gasteiger partial charge in [0.15, 0.2) is 0 Å². The van der Waals surface area contributed by atoms with Crippen molar-refractivity contribution in [2.24, 2.45) is 0 Å². The molecule has 1 N–H and O–H groups in total. The predicted octanol–water partition coefficient (Wildman–Crippen LogP) is 4.20. The minimum atomic E-state index is -4.07. The zero-order chi connectivity index (χ0) is 24.0. The third-order valence-electron chi connectivity index (χ3n) is 4.73. The van der Waals surface area contributed by atoms with E-state index < -0.39 is 22.5 Å². The van der Waals surface area contributed by atoms with Gasteiger partial charge in [-0.1, -0.05) is 11.6 Å². The molecule has 0 aliphatic rings. The van der Waals surface area contributed by atoms with Crippen molar-refractivity contribution in [2.75, 3.05) is 37.5 Å². The third kappa shape index (κ3) is 5.68. The molecule has 3 aromatic rings. The Balaban J connectivity index is 1.92. The molecular weight excluding hydrogens is 468 g/mol. The van der Waals surface area contributed by atoms with E-state index >= 15 is 0 Å². The van der Waals surface area contributed by atoms with Gasteiger partial charge in [0.2, 0.25) is 5.91 Å². The van der Waals surface area contributed by atoms with Crippen LogP contribution >= 0.6 is 11.6 Å². The Bertz CT molecular complexity index is 1210. The molecule has 0 unspecified atom stereocenters. The molecule has 0 aliphatic heterocycles. The van der Waals surface area contributed by atoms with Gasteiger partial charge in [-0.25, -0.2) is 8.42 Å². The fourth-order valence-corrected chi connectivity index (χ4v) is 4.69. The lowest BCUT2D eigenvalue weighted by Gasteiger charge is -2.24. The monoisotopic (exact) mass is 490 g/mol. The summed E-state index contributed by atoms with van der Waals surface area (Å²) < 4.78 is 43.3. The van der Waals surface area contributed by atoms with E-state index in [9.17, 15) is 13.2 Å². The minimum absolute atomic E-state index is 0.0133. The molecule has 8 nitrogen and oxygen atoms in total. The maximum absolute atomic E-state index is 13.4. The first-order chi connectivity index (χ1) is 15.8. The third-order valence-corrected chi connectivity index (χ3v) is 6.81. The smallest absolute Gasteiger partial charge is 0.264 e. The molecule has 3 rings (SSSR count). The lowest BCUT2D eigenvalue weighted by atomic mass is 10.3. The molecule has 3 aromatic carbocycles. The summed E-state index contributed by atoms with van der Waals surface area (Å²) in [6.45, 7) is -0.468. The summed E-state index contributed by atoms with van der Waals surface area (Å²) in [7, 11) is 0.405. The summed E-state index contributed by atoms with van der Waals surface area (Å²) in [5, 5.41) is 2.98. The number of nitrogens with zero attached hydrogens (tertiary/aromatic N) is 1. The number of sulfonamides is 1. The number of nitrogens with one attached hydrogen (secondary N) is 1. The van der Waals surface area contributed by atoms with Crippen LogP contribution in [-0.2, 0) is 14.8 Å². The van der Waals surface area contributed by atoms with E-state index in [-0.39, 0.29) is 4.90 Å². The number of rotatable bonds is 9. The highest BCUT2D eigenvalue weighted by molar-refractivity contribution is 7.92. The van der Waals surface area contributed by atoms with Crippen LogP contribution in [0.15, 0.2) is 71.6 Å². The Labute approximate surface area is 197 Å². The molecule has 0 spiro atoms. The fourth-order valence-electron chi connectivity index (χ4n) is 3.01. The van der Waals surface area contributed by atoms with Crippen LogP contribution in [-0.4, -0.2) is 42.2 Å². The number of carbonyl (C=O) groups excluding carboxylic acids is 1. The topological polar surface area (TPSA) is 94.2 Å². The van der Waals surface area contributed by atoms with Gasteiger partial charge in [0.05, 0.1) is 36.9 Å². The highest BCUT2D eigenvalue weighted by Gasteiger charge is 2.27. The quantitative estimate of drug-likeness (QED) is 0.483. The van der Waals surface area contributed by atoms with E-state index in [1.54, 1.807) is 48.5 Å². The number of benzene rings is 3. The number of hydrogen-bond acceptors (Lipinski definition) is 6. The van der Waals surface area contributed by atoms with Gasteiger partial charge in [-0.15, -0.1) is 0 Å². The largest absolute Gasteiger partial charge is 0.497 e. The number of ether oxygens (including phenoxy) is 3. The normalized spacial score (nSPS) is 10.9. The van der Waals surface area contributed by atoms with Crippen LogP contribution in [0.4, 0.5) is 11.4 Å². The summed E-state index contributed by atoms with van der Waals surface area (Å²) >= 11 is 6.12. The van der Waals surface area contributed by atoms with Gasteiger partial charge in [-0.05, 0) is 66.7 Å². The maximum Gasteiger partial charge on any atom is 0.264 e. The van der Waals surface area contributed by atoms with E-state index in [0.717, 1.165) is 4.31 Å². The summed E-state index contributed by atoms with van der Waals surface area (Å²) in [6, 6.07) is 17.0. The van der Waals surface area contributed by atoms with E-state index in [0.29, 0.717) is 33.6 Å². The lowest BCUT2D eigenvalue weighted by molar-refractivity contribution is -0.114. The molecule has 10 heteroatoms. The maximum atomic E-state index is 13.4. The molecule has 0 atom stereocenters. The molecule has 174 valence electrons. The van der Waals surface area contributed by atoms with E-state index in [1.165, 1.54) is 39.5 Å². The van der Waals surface area contributed by atoms with Crippen molar-refractivity contribution < 1.29 is 27.4 Å². The van der Waals surface area contributed by atoms with Crippen LogP contribution in [0.2, 0.25) is 5.02 Å². The average Bonchev–Trinajstić information content (AvgIpc) is 2.82. The molecule has 1 amide bonds. The number of amides is 1. The lowest BCUT2D eigenvalue weighted by Crippen LogP contribution is -2.38. The van der Waals surface area contributed by atoms with Crippen molar-refractivity contribution in [3.05, 3.63) is 71.8 Å². The number of anilines is 2. The summed E-state index contributed by atoms with van der Waals surface area (Å²) in [5.74, 6) is 0.970. The minimum Gasteiger partial charge on any atom is -0.497 e. The molecular formula is C23H23ClN2O6S. The summed E-state index contributed by atoms with van der Waals surface area (Å²) in [6.07, 6.45) is 0. The zero-order valence-electron chi connectivity index (χ0n) is 18.2. The first kappa shape index (κ1) is 24.2. The molecule has 0 aliphatic carbocycles. The highest BCUT2D eigenvalue weighted by Crippen LogP contribution is 2.29. The first-order valence-electron chi connectivity index (χ1n) is 9.72. The second-order valence-electron chi connectivity index (χ2n) is 6.78. The molecule has 0 aromatic heterocycles. The second-order valence-corrected chi connectivity index (χ2v) is 9.05. The zero-order valence-corrected chi connectivity index (χ0v) is 19.8. The first-order valence-corrected chi connectivity index (χ1v) is 11.5. The Hall–Kier alpha value is -3.43. The van der Waals surface area contributed by atoms with Gasteiger partial charge in [0.25, 0.3) is 10.0 Å². The van der Waals surface area contributed by atoms with Crippen molar-refractivity contribution in [1.82, 2.24) is 0 Å². The molecule has 0 fully saturated rings. The highest BCUT2D eigenvalue weighted by atomic mass is 35.5. The van der Waals surface area contributed by atoms with Gasteiger partial charge in [0.1, 0.15) is 23.8 Å². The van der Waals surface area contributed by atoms with Crippen LogP contribution in [0.3, 0.4) is 0 Å². The predicted molar refractivity (Wildman–Crippen MR) is 127 cm³/mol. The number of methoxy groups -OCH3 is 3. The molecule has 33 heavy (non-hydrogen) atoms. The van der Waals surface area contributed by atoms with Gasteiger partial charge in [-0.2, -0.15) is 0 Å². The van der Waals surface area contributed by atoms with E-state index in [4.69, 9.17) is 25.8 Å². The molecule has 0 bridgehead atoms. The van der Waals surface area contributed by atoms with Crippen LogP contribution in [0.1, 0.15) is 0 Å². The van der Waals surface area contributed by atoms with Crippen LogP contribution in [0, 0.1) is 0 Å². The van der Waals surface area contributed by atoms with Crippen LogP contribution in [0.5, 0.6) is 17.2 Å². The van der Waals surface area contributed by atoms with Crippen molar-refractivity contribution in [3.63, 3.8) is 0 Å². The van der Waals surface area contributed by atoms with Gasteiger partial charge < -0.3 is 19.5 Å². The molecule has 0 heterocycles. The van der Waals surface area contributed by atoms with Crippen molar-refractivity contribution in [1.29, 1.82) is 0 Å². The number of halogens is 1. The molecule has 0 saturated heterocycles. The molecule has 0 radical (unpaired) electrons. The Morgan fingerprint density at radius 3 is 1.97 bits per heavy atom.